The summed E-state index contributed by atoms with van der Waals surface area (Å²) in [4.78, 5) is 0. The van der Waals surface area contributed by atoms with Crippen LogP contribution in [-0.2, 0) is 0 Å². The van der Waals surface area contributed by atoms with Gasteiger partial charge in [0.05, 0.1) is 10.6 Å². The lowest BCUT2D eigenvalue weighted by Gasteiger charge is -2.09. The van der Waals surface area contributed by atoms with Crippen molar-refractivity contribution in [2.45, 2.75) is 19.8 Å². The average molecular weight is 272 g/mol. The Morgan fingerprint density at radius 2 is 1.68 bits per heavy atom. The Morgan fingerprint density at radius 3 is 2.21 bits per heavy atom. The van der Waals surface area contributed by atoms with E-state index in [2.05, 4.69) is 13.8 Å². The number of ether oxygens (including phenoxy) is 1. The third-order valence-electron chi connectivity index (χ3n) is 2.84. The minimum Gasteiger partial charge on any atom is -0.457 e. The van der Waals surface area contributed by atoms with Crippen LogP contribution in [0.4, 0.5) is 0 Å². The average Bonchev–Trinajstić information content (AvgIpc) is 2.39. The molecule has 2 nitrogen and oxygen atoms in total. The molecule has 0 N–H and O–H groups in total. The first-order chi connectivity index (χ1) is 9.10. The summed E-state index contributed by atoms with van der Waals surface area (Å²) in [5, 5.41) is 9.21. The van der Waals surface area contributed by atoms with Gasteiger partial charge in [-0.3, -0.25) is 0 Å². The first-order valence-corrected chi connectivity index (χ1v) is 6.45. The topological polar surface area (TPSA) is 33.0 Å². The molecule has 0 aromatic heterocycles. The Bertz CT molecular complexity index is 612. The van der Waals surface area contributed by atoms with E-state index in [4.69, 9.17) is 21.6 Å². The fraction of sp³-hybridized carbons (Fsp3) is 0.188. The van der Waals surface area contributed by atoms with E-state index in [1.54, 1.807) is 18.2 Å². The van der Waals surface area contributed by atoms with Gasteiger partial charge in [0.2, 0.25) is 0 Å². The summed E-state index contributed by atoms with van der Waals surface area (Å²) in [5.74, 6) is 1.88. The van der Waals surface area contributed by atoms with Gasteiger partial charge >= 0.3 is 0 Å². The highest BCUT2D eigenvalue weighted by atomic mass is 35.5. The van der Waals surface area contributed by atoms with Gasteiger partial charge in [-0.2, -0.15) is 5.26 Å². The molecule has 0 heterocycles. The van der Waals surface area contributed by atoms with E-state index in [1.807, 2.05) is 30.3 Å². The number of benzene rings is 2. The van der Waals surface area contributed by atoms with Crippen LogP contribution >= 0.6 is 11.6 Å². The molecule has 0 amide bonds. The van der Waals surface area contributed by atoms with E-state index in [0.29, 0.717) is 22.3 Å². The monoisotopic (exact) mass is 271 g/mol. The largest absolute Gasteiger partial charge is 0.457 e. The fourth-order valence-electron chi connectivity index (χ4n) is 1.71. The van der Waals surface area contributed by atoms with Crippen LogP contribution in [0.1, 0.15) is 30.9 Å². The normalized spacial score (nSPS) is 10.3. The van der Waals surface area contributed by atoms with E-state index in [1.165, 1.54) is 5.56 Å². The number of rotatable bonds is 3. The Kier molecular flexibility index (Phi) is 4.09. The van der Waals surface area contributed by atoms with E-state index in [0.717, 1.165) is 5.75 Å². The maximum absolute atomic E-state index is 8.81. The SMILES string of the molecule is CC(C)c1ccc(Oc2ccc(C#N)c(Cl)c2)cc1. The second-order valence-corrected chi connectivity index (χ2v) is 4.99. The summed E-state index contributed by atoms with van der Waals surface area (Å²) in [6.07, 6.45) is 0. The molecule has 0 fully saturated rings. The van der Waals surface area contributed by atoms with Crippen LogP contribution in [0.15, 0.2) is 42.5 Å². The molecule has 0 bridgehead atoms. The second-order valence-electron chi connectivity index (χ2n) is 4.58. The second kappa shape index (κ2) is 5.77. The highest BCUT2D eigenvalue weighted by molar-refractivity contribution is 6.31. The summed E-state index contributed by atoms with van der Waals surface area (Å²) >= 11 is 5.96. The molecule has 0 aliphatic carbocycles. The van der Waals surface area contributed by atoms with Gasteiger partial charge in [-0.1, -0.05) is 37.6 Å². The highest BCUT2D eigenvalue weighted by Gasteiger charge is 2.04. The first-order valence-electron chi connectivity index (χ1n) is 6.07. The zero-order chi connectivity index (χ0) is 13.8. The van der Waals surface area contributed by atoms with Crippen molar-refractivity contribution in [3.05, 3.63) is 58.6 Å². The van der Waals surface area contributed by atoms with Crippen molar-refractivity contribution in [1.82, 2.24) is 0 Å². The van der Waals surface area contributed by atoms with Gasteiger partial charge in [0.15, 0.2) is 0 Å². The van der Waals surface area contributed by atoms with E-state index in [-0.39, 0.29) is 0 Å². The number of hydrogen-bond donors (Lipinski definition) is 0. The van der Waals surface area contributed by atoms with Crippen molar-refractivity contribution in [2.75, 3.05) is 0 Å². The zero-order valence-electron chi connectivity index (χ0n) is 10.9. The minimum atomic E-state index is 0.402. The van der Waals surface area contributed by atoms with E-state index in [9.17, 15) is 0 Å². The van der Waals surface area contributed by atoms with Crippen molar-refractivity contribution in [3.8, 4) is 17.6 Å². The van der Waals surface area contributed by atoms with Gasteiger partial charge in [-0.25, -0.2) is 0 Å². The quantitative estimate of drug-likeness (QED) is 0.775. The molecule has 0 aliphatic heterocycles. The smallest absolute Gasteiger partial charge is 0.129 e. The third kappa shape index (κ3) is 3.27. The van der Waals surface area contributed by atoms with Crippen LogP contribution in [0, 0.1) is 11.3 Å². The van der Waals surface area contributed by atoms with Crippen LogP contribution < -0.4 is 4.74 Å². The lowest BCUT2D eigenvalue weighted by molar-refractivity contribution is 0.482. The first kappa shape index (κ1) is 13.5. The molecule has 19 heavy (non-hydrogen) atoms. The standard InChI is InChI=1S/C16H14ClNO/c1-11(2)12-3-6-14(7-4-12)19-15-8-5-13(10-18)16(17)9-15/h3-9,11H,1-2H3. The summed E-state index contributed by atoms with van der Waals surface area (Å²) < 4.78 is 5.70. The number of nitrogens with zero attached hydrogens (tertiary/aromatic N) is 1. The van der Waals surface area contributed by atoms with Crippen LogP contribution in [0.5, 0.6) is 11.5 Å². The molecule has 3 heteroatoms. The van der Waals surface area contributed by atoms with Gasteiger partial charge < -0.3 is 4.74 Å². The Balaban J connectivity index is 2.17. The van der Waals surface area contributed by atoms with Crippen molar-refractivity contribution in [1.29, 1.82) is 5.26 Å². The molecule has 0 saturated carbocycles. The van der Waals surface area contributed by atoms with Gasteiger partial charge in [0.1, 0.15) is 17.6 Å². The zero-order valence-corrected chi connectivity index (χ0v) is 11.6. The Morgan fingerprint density at radius 1 is 1.05 bits per heavy atom. The van der Waals surface area contributed by atoms with Crippen molar-refractivity contribution >= 4 is 11.6 Å². The number of hydrogen-bond acceptors (Lipinski definition) is 2. The molecular weight excluding hydrogens is 258 g/mol. The fourth-order valence-corrected chi connectivity index (χ4v) is 1.92. The molecule has 0 atom stereocenters. The third-order valence-corrected chi connectivity index (χ3v) is 3.16. The molecule has 0 spiro atoms. The predicted molar refractivity (Wildman–Crippen MR) is 76.8 cm³/mol. The van der Waals surface area contributed by atoms with Crippen molar-refractivity contribution < 1.29 is 4.74 Å². The molecular formula is C16H14ClNO. The van der Waals surface area contributed by atoms with Gasteiger partial charge in [-0.05, 0) is 35.7 Å². The maximum atomic E-state index is 8.81. The molecule has 2 aromatic rings. The number of nitriles is 1. The summed E-state index contributed by atoms with van der Waals surface area (Å²) in [6, 6.07) is 15.0. The van der Waals surface area contributed by atoms with Crippen molar-refractivity contribution in [2.24, 2.45) is 0 Å². The van der Waals surface area contributed by atoms with Crippen LogP contribution in [0.2, 0.25) is 5.02 Å². The molecule has 0 unspecified atom stereocenters. The molecule has 2 rings (SSSR count). The van der Waals surface area contributed by atoms with Gasteiger partial charge in [0.25, 0.3) is 0 Å². The highest BCUT2D eigenvalue weighted by Crippen LogP contribution is 2.27. The number of halogens is 1. The van der Waals surface area contributed by atoms with E-state index >= 15 is 0 Å². The summed E-state index contributed by atoms with van der Waals surface area (Å²) in [7, 11) is 0. The predicted octanol–water partition coefficient (Wildman–Crippen LogP) is 5.13. The van der Waals surface area contributed by atoms with E-state index < -0.39 is 0 Å². The Labute approximate surface area is 118 Å². The Hall–Kier alpha value is -1.98. The molecule has 0 saturated heterocycles. The molecule has 96 valence electrons. The summed E-state index contributed by atoms with van der Waals surface area (Å²) in [6.45, 7) is 4.30. The molecule has 0 radical (unpaired) electrons. The maximum Gasteiger partial charge on any atom is 0.129 e. The minimum absolute atomic E-state index is 0.402. The molecule has 0 aliphatic rings. The van der Waals surface area contributed by atoms with Crippen molar-refractivity contribution in [3.63, 3.8) is 0 Å². The lowest BCUT2D eigenvalue weighted by atomic mass is 10.0. The molecule has 2 aromatic carbocycles. The van der Waals surface area contributed by atoms with Gasteiger partial charge in [-0.15, -0.1) is 0 Å². The van der Waals surface area contributed by atoms with Gasteiger partial charge in [0, 0.05) is 6.07 Å². The van der Waals surface area contributed by atoms with Crippen LogP contribution in [0.25, 0.3) is 0 Å². The lowest BCUT2D eigenvalue weighted by Crippen LogP contribution is -1.89. The van der Waals surface area contributed by atoms with Crippen LogP contribution in [-0.4, -0.2) is 0 Å². The summed E-state index contributed by atoms with van der Waals surface area (Å²) in [5.41, 5.74) is 1.72. The van der Waals surface area contributed by atoms with Crippen LogP contribution in [0.3, 0.4) is 0 Å².